The van der Waals surface area contributed by atoms with E-state index >= 15 is 0 Å². The summed E-state index contributed by atoms with van der Waals surface area (Å²) in [7, 11) is -1.04. The first-order chi connectivity index (χ1) is 39.8. The minimum Gasteiger partial charge on any atom is -0.477 e. The molecule has 4 N–H and O–H groups in total. The van der Waals surface area contributed by atoms with Crippen molar-refractivity contribution in [3.63, 3.8) is 0 Å². The Morgan fingerprint density at radius 3 is 1.50 bits per heavy atom. The van der Waals surface area contributed by atoms with Gasteiger partial charge in [-0.25, -0.2) is 14.4 Å². The molecule has 4 saturated heterocycles. The van der Waals surface area contributed by atoms with Gasteiger partial charge in [0.25, 0.3) is 5.91 Å². The van der Waals surface area contributed by atoms with Gasteiger partial charge in [0.2, 0.25) is 0 Å². The minimum absolute atomic E-state index is 0. The molecular formula is C67H98B2N6O11. The summed E-state index contributed by atoms with van der Waals surface area (Å²) >= 11 is 0. The molecule has 3 amide bonds. The van der Waals surface area contributed by atoms with Gasteiger partial charge in [-0.1, -0.05) is 148 Å². The smallest absolute Gasteiger partial charge is 0.477 e. The van der Waals surface area contributed by atoms with Crippen molar-refractivity contribution in [3.05, 3.63) is 94.1 Å². The van der Waals surface area contributed by atoms with Gasteiger partial charge in [0.15, 0.2) is 0 Å². The predicted octanol–water partition coefficient (Wildman–Crippen LogP) is 11.0. The first kappa shape index (κ1) is 67.8. The average molecular weight is 1190 g/mol. The second kappa shape index (κ2) is 27.0. The van der Waals surface area contributed by atoms with E-state index in [4.69, 9.17) is 38.5 Å². The second-order valence-electron chi connectivity index (χ2n) is 29.4. The van der Waals surface area contributed by atoms with E-state index in [2.05, 4.69) is 126 Å². The topological polar surface area (TPSA) is 231 Å². The Labute approximate surface area is 513 Å². The minimum atomic E-state index is -1.16. The molecule has 86 heavy (non-hydrogen) atoms. The summed E-state index contributed by atoms with van der Waals surface area (Å²) < 4.78 is 37.7. The fraction of sp³-hybridized carbons (Fsp3) is 0.672. The van der Waals surface area contributed by atoms with E-state index in [1.165, 1.54) is 23.6 Å². The quantitative estimate of drug-likeness (QED) is 0.0783. The maximum absolute atomic E-state index is 13.1. The number of allylic oxidation sites excluding steroid dienone is 2. The number of hydrogen-bond donors (Lipinski definition) is 4. The Hall–Kier alpha value is -5.69. The molecule has 468 valence electrons. The summed E-state index contributed by atoms with van der Waals surface area (Å²) in [5.41, 5.74) is 3.92. The lowest BCUT2D eigenvalue weighted by Crippen LogP contribution is -2.65. The number of nitrogens with zero attached hydrogens (tertiary/aromatic N) is 3. The fourth-order valence-corrected chi connectivity index (χ4v) is 14.6. The van der Waals surface area contributed by atoms with Gasteiger partial charge in [-0.2, -0.15) is 10.5 Å². The molecule has 0 unspecified atom stereocenters. The fourth-order valence-electron chi connectivity index (χ4n) is 14.6. The van der Waals surface area contributed by atoms with Crippen LogP contribution in [0.5, 0.6) is 0 Å². The zero-order valence-corrected chi connectivity index (χ0v) is 53.0. The third-order valence-corrected chi connectivity index (χ3v) is 19.8. The molecule has 17 nitrogen and oxygen atoms in total. The van der Waals surface area contributed by atoms with Gasteiger partial charge in [0, 0.05) is 31.5 Å². The molecule has 4 aliphatic heterocycles. The number of benzene rings is 2. The highest BCUT2D eigenvalue weighted by Crippen LogP contribution is 2.67. The molecule has 12 atom stereocenters. The Kier molecular flexibility index (Phi) is 21.3. The van der Waals surface area contributed by atoms with Crippen LogP contribution in [0.3, 0.4) is 0 Å². The van der Waals surface area contributed by atoms with Crippen molar-refractivity contribution in [1.29, 1.82) is 10.5 Å². The maximum Gasteiger partial charge on any atom is 0.482 e. The number of carboxylic acid groups (broad SMARTS) is 1. The van der Waals surface area contributed by atoms with E-state index < -0.39 is 32.2 Å². The number of alkyl carbamates (subject to hydrolysis) is 2. The van der Waals surface area contributed by atoms with Crippen molar-refractivity contribution in [3.8, 4) is 12.1 Å². The van der Waals surface area contributed by atoms with Crippen LogP contribution < -0.4 is 16.0 Å². The van der Waals surface area contributed by atoms with Crippen molar-refractivity contribution in [2.24, 2.45) is 57.2 Å². The summed E-state index contributed by atoms with van der Waals surface area (Å²) in [6.07, 6.45) is 9.72. The molecule has 10 fully saturated rings. The van der Waals surface area contributed by atoms with Gasteiger partial charge in [0.05, 0.1) is 48.5 Å². The summed E-state index contributed by atoms with van der Waals surface area (Å²) in [5.74, 6) is 0.533. The van der Waals surface area contributed by atoms with Crippen molar-refractivity contribution < 1.29 is 52.4 Å². The molecule has 0 radical (unpaired) electrons. The van der Waals surface area contributed by atoms with Crippen LogP contribution in [0.1, 0.15) is 151 Å². The summed E-state index contributed by atoms with van der Waals surface area (Å²) in [4.78, 5) is 50.8. The van der Waals surface area contributed by atoms with E-state index in [1.807, 2.05) is 41.5 Å². The number of carboxylic acids is 1. The standard InChI is InChI=1S/C33H46BN3O5.C25H37BN2O4.C8H11NO2.CH4/c1-21-8-10-22(11-9-21)14-28(34-41-27-16-25-15-26(32(25,5)6)33(27,7)42-34)36-30(39)40-20-23-12-13-37(19-23)29(38)24(18-35)17-31(2,3)4;1-16-5-7-17(8-6-16)11-22(28-23(29)30-15-18-9-10-27-14-18)26-31-21-13-19-12-20(24(19,2)3)25(21,4)32-26;1-8(2,3)4-6(5-9)7(10)11;/h8-11,17,23,25-28H,12-16,19-20H2,1-7H3,(H,36,39);5-8,18-22,27H,9-15H2,1-4H3,(H,28,29);4H,1-3H3,(H,10,11);1H4/t23-,25-,26-,27+,28-,33-;18-,19-,20-,21+,22-,25-;;/m00../s1. The summed E-state index contributed by atoms with van der Waals surface area (Å²) in [5, 5.41) is 35.8. The van der Waals surface area contributed by atoms with Crippen LogP contribution >= 0.6 is 0 Å². The molecule has 2 aromatic rings. The van der Waals surface area contributed by atoms with Crippen LogP contribution in [0, 0.1) is 93.7 Å². The number of nitrogens with one attached hydrogen (secondary N) is 3. The van der Waals surface area contributed by atoms with Crippen LogP contribution in [0.2, 0.25) is 0 Å². The summed E-state index contributed by atoms with van der Waals surface area (Å²) in [6.45, 7) is 32.9. The number of hydrogen-bond acceptors (Lipinski definition) is 13. The molecule has 0 spiro atoms. The number of nitriles is 2. The number of ether oxygens (including phenoxy) is 2. The van der Waals surface area contributed by atoms with Gasteiger partial charge in [-0.05, 0) is 142 Å². The molecule has 4 bridgehead atoms. The van der Waals surface area contributed by atoms with Crippen LogP contribution in [0.15, 0.2) is 71.8 Å². The normalized spacial score (nSPS) is 29.8. The number of likely N-dealkylation sites (tertiary alicyclic amines) is 1. The molecule has 10 aliphatic rings. The zero-order chi connectivity index (χ0) is 62.0. The van der Waals surface area contributed by atoms with Crippen molar-refractivity contribution in [2.75, 3.05) is 39.4 Å². The lowest BCUT2D eigenvalue weighted by Gasteiger charge is -2.64. The Morgan fingerprint density at radius 1 is 0.698 bits per heavy atom. The van der Waals surface area contributed by atoms with Crippen molar-refractivity contribution in [1.82, 2.24) is 20.9 Å². The molecule has 19 heteroatoms. The molecule has 6 aliphatic carbocycles. The van der Waals surface area contributed by atoms with Crippen LogP contribution in [0.25, 0.3) is 0 Å². The Morgan fingerprint density at radius 2 is 1.13 bits per heavy atom. The molecular weight excluding hydrogens is 1090 g/mol. The number of rotatable bonds is 14. The Bertz CT molecular complexity index is 2880. The number of amides is 3. The lowest BCUT2D eigenvalue weighted by atomic mass is 9.43. The SMILES string of the molecule is C.CC(C)(C)C=C(C#N)C(=O)O.Cc1ccc(C[C@H](NC(=O)OC[C@H]2CCN(C(=O)C(C#N)=CC(C)(C)C)C2)B2O[C@@H]3C[C@@H]4C[C@@H](C4(C)C)[C@]3(C)O2)cc1.Cc1ccc(C[C@H](NC(=O)OC[C@H]2CCNC2)B2O[C@@H]3C[C@@H]4C[C@@H](C4(C)C)[C@]3(C)O2)cc1. The number of carbonyl (C=O) groups is 4. The monoisotopic (exact) mass is 1180 g/mol. The first-order valence-corrected chi connectivity index (χ1v) is 30.9. The van der Waals surface area contributed by atoms with Gasteiger partial charge in [0.1, 0.15) is 23.3 Å². The highest BCUT2D eigenvalue weighted by molar-refractivity contribution is 6.48. The van der Waals surface area contributed by atoms with Gasteiger partial charge >= 0.3 is 32.4 Å². The highest BCUT2D eigenvalue weighted by atomic mass is 16.7. The molecule has 12 rings (SSSR count). The Balaban J connectivity index is 0.000000212. The molecule has 6 saturated carbocycles. The highest BCUT2D eigenvalue weighted by Gasteiger charge is 2.70. The maximum atomic E-state index is 13.1. The average Bonchev–Trinajstić information content (AvgIpc) is 1.35. The van der Waals surface area contributed by atoms with Crippen LogP contribution in [0.4, 0.5) is 9.59 Å². The zero-order valence-electron chi connectivity index (χ0n) is 53.0. The van der Waals surface area contributed by atoms with Gasteiger partial charge in [-0.3, -0.25) is 4.79 Å². The van der Waals surface area contributed by atoms with E-state index in [-0.39, 0.29) is 94.1 Å². The molecule has 4 heterocycles. The third kappa shape index (κ3) is 15.8. The largest absolute Gasteiger partial charge is 0.482 e. The van der Waals surface area contributed by atoms with Gasteiger partial charge < -0.3 is 54.0 Å². The lowest BCUT2D eigenvalue weighted by molar-refractivity contribution is -0.199. The van der Waals surface area contributed by atoms with Crippen molar-refractivity contribution >= 4 is 38.3 Å². The van der Waals surface area contributed by atoms with E-state index in [1.54, 1.807) is 17.0 Å². The summed E-state index contributed by atoms with van der Waals surface area (Å²) in [6, 6.07) is 20.4. The number of carbonyl (C=O) groups excluding carboxylic acids is 3. The first-order valence-electron chi connectivity index (χ1n) is 30.9. The molecule has 2 aromatic carbocycles. The van der Waals surface area contributed by atoms with Crippen molar-refractivity contribution in [2.45, 2.75) is 191 Å². The third-order valence-electron chi connectivity index (χ3n) is 19.8. The van der Waals surface area contributed by atoms with E-state index in [9.17, 15) is 24.4 Å². The van der Waals surface area contributed by atoms with E-state index in [0.29, 0.717) is 68.5 Å². The van der Waals surface area contributed by atoms with Crippen LogP contribution in [-0.2, 0) is 50.5 Å². The molecule has 0 aromatic heterocycles. The predicted molar refractivity (Wildman–Crippen MR) is 333 cm³/mol. The van der Waals surface area contributed by atoms with Crippen LogP contribution in [-0.4, -0.2) is 123 Å². The second-order valence-corrected chi connectivity index (χ2v) is 29.4. The number of aryl methyl sites for hydroxylation is 2. The van der Waals surface area contributed by atoms with E-state index in [0.717, 1.165) is 49.9 Å². The van der Waals surface area contributed by atoms with Gasteiger partial charge in [-0.15, -0.1) is 0 Å². The number of aliphatic carboxylic acids is 1.